The molecule has 6 aliphatic carbocycles. The van der Waals surface area contributed by atoms with Gasteiger partial charge >= 0.3 is 0 Å². The van der Waals surface area contributed by atoms with E-state index in [2.05, 4.69) is 95.2 Å². The van der Waals surface area contributed by atoms with Crippen molar-refractivity contribution < 1.29 is 50.4 Å². The monoisotopic (exact) mass is 1190 g/mol. The molecule has 3 fully saturated rings. The standard InChI is InChI=1S/C23H32O2.2C22H30O2.CH3.W/c1-15-12-17(14-18(13-15)25-6)21(24)20-16(2)8-9-19-22(3,4)10-7-11-23(19,20)5;2*1-14-11-16(13-17(23)12-14)20(24)19-15(2)7-8-18-21(3,4)9-6-10-22(18,19)5;;/h8,12-14,19-20H,7,9-11H2,1-6H3;11-13,18,23H,6-10H2,1-5H3;7,11-13,18-19,23H,6,8-10H2,1-5H3;1H3;/q;;;-1;/t19-,20+,23-;18-,22-;18-,19+,22-;;/m000../s1. The summed E-state index contributed by atoms with van der Waals surface area (Å²) in [6.45, 7) is 33.5. The van der Waals surface area contributed by atoms with Crippen molar-refractivity contribution in [1.29, 1.82) is 0 Å². The van der Waals surface area contributed by atoms with Crippen molar-refractivity contribution in [2.45, 2.75) is 187 Å². The van der Waals surface area contributed by atoms with Gasteiger partial charge in [-0.3, -0.25) is 14.4 Å². The fourth-order valence-electron chi connectivity index (χ4n) is 16.9. The summed E-state index contributed by atoms with van der Waals surface area (Å²) >= 11 is 0. The number of benzene rings is 3. The van der Waals surface area contributed by atoms with Gasteiger partial charge in [0.2, 0.25) is 0 Å². The molecule has 9 rings (SSSR count). The Balaban J connectivity index is 0.000000205. The molecule has 0 bridgehead atoms. The average Bonchev–Trinajstić information content (AvgIpc) is 3.27. The van der Waals surface area contributed by atoms with E-state index in [1.807, 2.05) is 51.1 Å². The number of aromatic hydroxyl groups is 2. The Morgan fingerprint density at radius 3 is 1.37 bits per heavy atom. The maximum Gasteiger partial charge on any atom is 0.189 e. The van der Waals surface area contributed by atoms with Crippen LogP contribution in [-0.4, -0.2) is 34.7 Å². The van der Waals surface area contributed by atoms with E-state index in [1.165, 1.54) is 61.7 Å². The van der Waals surface area contributed by atoms with Crippen molar-refractivity contribution in [3.05, 3.63) is 130 Å². The molecule has 3 saturated carbocycles. The van der Waals surface area contributed by atoms with Crippen LogP contribution in [0.3, 0.4) is 0 Å². The first-order valence-corrected chi connectivity index (χ1v) is 27.9. The van der Waals surface area contributed by atoms with Crippen LogP contribution in [0.4, 0.5) is 0 Å². The van der Waals surface area contributed by atoms with Crippen LogP contribution in [0.15, 0.2) is 89.0 Å². The first-order valence-electron chi connectivity index (χ1n) is 27.9. The van der Waals surface area contributed by atoms with Gasteiger partial charge in [-0.2, -0.15) is 0 Å². The van der Waals surface area contributed by atoms with E-state index >= 15 is 0 Å². The third-order valence-electron chi connectivity index (χ3n) is 20.2. The Kier molecular flexibility index (Phi) is 19.1. The molecule has 0 aliphatic heterocycles. The van der Waals surface area contributed by atoms with Crippen LogP contribution in [-0.2, 0) is 21.1 Å². The molecule has 0 spiro atoms. The molecule has 8 atom stereocenters. The number of fused-ring (bicyclic) bond motifs is 3. The number of allylic oxidation sites excluding steroid dienone is 6. The van der Waals surface area contributed by atoms with Gasteiger partial charge in [0.25, 0.3) is 0 Å². The van der Waals surface area contributed by atoms with Gasteiger partial charge in [-0.15, -0.1) is 0 Å². The second-order valence-electron chi connectivity index (χ2n) is 27.0. The van der Waals surface area contributed by atoms with Gasteiger partial charge in [-0.1, -0.05) is 110 Å². The minimum Gasteiger partial charge on any atom is -0.508 e. The van der Waals surface area contributed by atoms with Crippen LogP contribution in [0.2, 0.25) is 0 Å². The number of rotatable bonds is 7. The van der Waals surface area contributed by atoms with Gasteiger partial charge < -0.3 is 22.4 Å². The van der Waals surface area contributed by atoms with Gasteiger partial charge in [-0.25, -0.2) is 0 Å². The number of Topliss-reactive ketones (excluding diaryl/α,β-unsaturated/α-hetero) is 3. The van der Waals surface area contributed by atoms with Crippen molar-refractivity contribution in [2.75, 3.05) is 7.11 Å². The normalized spacial score (nSPS) is 29.9. The number of methoxy groups -OCH3 is 1. The van der Waals surface area contributed by atoms with Gasteiger partial charge in [0.05, 0.1) is 7.11 Å². The fraction of sp³-hybridized carbons (Fsp3) is 0.588. The second-order valence-corrected chi connectivity index (χ2v) is 27.0. The molecule has 0 aromatic heterocycles. The number of hydrogen-bond acceptors (Lipinski definition) is 6. The largest absolute Gasteiger partial charge is 0.508 e. The molecule has 6 nitrogen and oxygen atoms in total. The van der Waals surface area contributed by atoms with E-state index in [-0.39, 0.29) is 96.3 Å². The number of hydrogen-bond donors (Lipinski definition) is 2. The number of carbonyl (C=O) groups is 3. The molecule has 3 aromatic carbocycles. The maximum atomic E-state index is 13.6. The molecule has 7 heteroatoms. The molecule has 75 heavy (non-hydrogen) atoms. The van der Waals surface area contributed by atoms with Crippen molar-refractivity contribution >= 4 is 17.3 Å². The predicted octanol–water partition coefficient (Wildman–Crippen LogP) is 17.9. The summed E-state index contributed by atoms with van der Waals surface area (Å²) in [5.74, 6) is 3.26. The predicted molar refractivity (Wildman–Crippen MR) is 306 cm³/mol. The summed E-state index contributed by atoms with van der Waals surface area (Å²) in [5, 5.41) is 19.8. The zero-order chi connectivity index (χ0) is 53.8. The van der Waals surface area contributed by atoms with Crippen LogP contribution < -0.4 is 4.74 Å². The molecule has 6 aliphatic rings. The van der Waals surface area contributed by atoms with Crippen molar-refractivity contribution in [3.63, 3.8) is 0 Å². The number of phenols is 2. The van der Waals surface area contributed by atoms with Gasteiger partial charge in [0.1, 0.15) is 17.2 Å². The van der Waals surface area contributed by atoms with Crippen molar-refractivity contribution in [2.24, 2.45) is 62.1 Å². The molecule has 2 N–H and O–H groups in total. The summed E-state index contributed by atoms with van der Waals surface area (Å²) < 4.78 is 5.40. The molecule has 0 heterocycles. The number of ether oxygens (including phenoxy) is 1. The Hall–Kier alpha value is -4.02. The van der Waals surface area contributed by atoms with E-state index in [9.17, 15) is 24.6 Å². The van der Waals surface area contributed by atoms with E-state index in [1.54, 1.807) is 31.4 Å². The molecule has 0 unspecified atom stereocenters. The minimum absolute atomic E-state index is 0. The van der Waals surface area contributed by atoms with Crippen LogP contribution in [0.25, 0.3) is 0 Å². The summed E-state index contributed by atoms with van der Waals surface area (Å²) in [6.07, 6.45) is 19.7. The molecule has 3 aromatic rings. The van der Waals surface area contributed by atoms with Gasteiger partial charge in [0, 0.05) is 55.2 Å². The summed E-state index contributed by atoms with van der Waals surface area (Å²) in [7, 11) is 1.66. The topological polar surface area (TPSA) is 101 Å². The molecular formula is C68H95O6W-. The third kappa shape index (κ3) is 12.2. The zero-order valence-corrected chi connectivity index (χ0v) is 52.3. The zero-order valence-electron chi connectivity index (χ0n) is 49.4. The van der Waals surface area contributed by atoms with Gasteiger partial charge in [0.15, 0.2) is 17.3 Å². The number of phenolic OH excluding ortho intramolecular Hbond substituents is 2. The van der Waals surface area contributed by atoms with Crippen molar-refractivity contribution in [1.82, 2.24) is 0 Å². The third-order valence-corrected chi connectivity index (χ3v) is 20.2. The Morgan fingerprint density at radius 2 is 0.920 bits per heavy atom. The maximum absolute atomic E-state index is 13.6. The molecule has 0 radical (unpaired) electrons. The second kappa shape index (κ2) is 23.1. The van der Waals surface area contributed by atoms with E-state index < -0.39 is 0 Å². The Labute approximate surface area is 468 Å². The van der Waals surface area contributed by atoms with E-state index in [0.29, 0.717) is 34.3 Å². The Morgan fingerprint density at radius 1 is 0.520 bits per heavy atom. The minimum atomic E-state index is -0.0722. The van der Waals surface area contributed by atoms with Crippen LogP contribution in [0.1, 0.15) is 214 Å². The molecular weight excluding hydrogens is 1100 g/mol. The first-order chi connectivity index (χ1) is 34.0. The number of carbonyl (C=O) groups excluding carboxylic acids is 3. The van der Waals surface area contributed by atoms with Gasteiger partial charge in [-0.05, 0) is 227 Å². The average molecular weight is 1190 g/mol. The van der Waals surface area contributed by atoms with Crippen LogP contribution >= 0.6 is 0 Å². The summed E-state index contributed by atoms with van der Waals surface area (Å²) in [5.41, 5.74) is 10.6. The van der Waals surface area contributed by atoms with Crippen molar-refractivity contribution in [3.8, 4) is 17.2 Å². The van der Waals surface area contributed by atoms with E-state index in [0.717, 1.165) is 72.1 Å². The van der Waals surface area contributed by atoms with E-state index in [4.69, 9.17) is 4.74 Å². The summed E-state index contributed by atoms with van der Waals surface area (Å²) in [4.78, 5) is 40.5. The molecule has 0 saturated heterocycles. The van der Waals surface area contributed by atoms with Crippen LogP contribution in [0, 0.1) is 90.3 Å². The summed E-state index contributed by atoms with van der Waals surface area (Å²) in [6, 6.07) is 16.4. The molecule has 0 amide bonds. The number of aryl methyl sites for hydroxylation is 3. The Bertz CT molecular complexity index is 2660. The quantitative estimate of drug-likeness (QED) is 0.139. The number of ketones is 3. The smallest absolute Gasteiger partial charge is 0.189 e. The van der Waals surface area contributed by atoms with Crippen LogP contribution in [0.5, 0.6) is 17.2 Å². The molecule has 410 valence electrons. The fourth-order valence-corrected chi connectivity index (χ4v) is 16.9. The first kappa shape index (κ1) is 61.8. The SMILES string of the molecule is CC1=C(C(=O)c2cc(C)cc(O)c2)[C@@]2(C)CCCC(C)(C)[C@@H]2CC1.CC1=CC[C@H]2C(C)(C)CCC[C@]2(C)[C@H]1C(=O)c1cc(C)cc(O)c1.COc1cc(C)cc(C(=O)[C@H]2C(C)=CC[C@H]3C(C)(C)CCC[C@]23C)c1.[CH3-].[W].